The van der Waals surface area contributed by atoms with Crippen LogP contribution < -0.4 is 15.7 Å². The van der Waals surface area contributed by atoms with E-state index in [0.29, 0.717) is 23.6 Å². The first-order valence-corrected chi connectivity index (χ1v) is 9.66. The first-order chi connectivity index (χ1) is 14.5. The topological polar surface area (TPSA) is 98.7 Å². The molecule has 0 fully saturated rings. The molecule has 0 spiro atoms. The number of benzene rings is 1. The standard InChI is InChI=1S/C22H22N4O4/c1-13-10-21(28)30-18-12-17(29-3)15(11-16(13)18)7-8-20(27)23-14(2)22-25-24-19-6-4-5-9-26(19)22/h4-6,9-12,14H,7-8H2,1-3H3,(H,23,27)/t14-/m0/s1. The van der Waals surface area contributed by atoms with E-state index >= 15 is 0 Å². The van der Waals surface area contributed by atoms with Crippen LogP contribution in [0.25, 0.3) is 16.6 Å². The van der Waals surface area contributed by atoms with Crippen LogP contribution in [0.15, 0.2) is 51.8 Å². The first-order valence-electron chi connectivity index (χ1n) is 9.66. The zero-order chi connectivity index (χ0) is 21.3. The molecule has 30 heavy (non-hydrogen) atoms. The van der Waals surface area contributed by atoms with Crippen LogP contribution in [-0.2, 0) is 11.2 Å². The van der Waals surface area contributed by atoms with Crippen molar-refractivity contribution in [2.45, 2.75) is 32.7 Å². The highest BCUT2D eigenvalue weighted by atomic mass is 16.5. The van der Waals surface area contributed by atoms with Gasteiger partial charge in [-0.15, -0.1) is 10.2 Å². The summed E-state index contributed by atoms with van der Waals surface area (Å²) < 4.78 is 12.6. The summed E-state index contributed by atoms with van der Waals surface area (Å²) in [6.07, 6.45) is 2.63. The summed E-state index contributed by atoms with van der Waals surface area (Å²) in [6, 6.07) is 10.4. The van der Waals surface area contributed by atoms with Crippen molar-refractivity contribution >= 4 is 22.5 Å². The van der Waals surface area contributed by atoms with E-state index in [-0.39, 0.29) is 18.4 Å². The number of aryl methyl sites for hydroxylation is 2. The summed E-state index contributed by atoms with van der Waals surface area (Å²) in [5.74, 6) is 1.15. The van der Waals surface area contributed by atoms with Crippen molar-refractivity contribution in [2.75, 3.05) is 7.11 Å². The third-order valence-corrected chi connectivity index (χ3v) is 5.08. The largest absolute Gasteiger partial charge is 0.496 e. The molecule has 0 unspecified atom stereocenters. The first kappa shape index (κ1) is 19.6. The Morgan fingerprint density at radius 3 is 2.90 bits per heavy atom. The Morgan fingerprint density at radius 1 is 1.27 bits per heavy atom. The van der Waals surface area contributed by atoms with Gasteiger partial charge in [-0.05, 0) is 49.6 Å². The lowest BCUT2D eigenvalue weighted by Gasteiger charge is -2.14. The second kappa shape index (κ2) is 7.98. The molecule has 154 valence electrons. The fraction of sp³-hybridized carbons (Fsp3) is 0.273. The van der Waals surface area contributed by atoms with Crippen molar-refractivity contribution in [3.63, 3.8) is 0 Å². The third kappa shape index (κ3) is 3.76. The van der Waals surface area contributed by atoms with Crippen LogP contribution >= 0.6 is 0 Å². The van der Waals surface area contributed by atoms with E-state index in [9.17, 15) is 9.59 Å². The zero-order valence-electron chi connectivity index (χ0n) is 17.0. The maximum atomic E-state index is 12.6. The number of hydrogen-bond acceptors (Lipinski definition) is 6. The molecule has 4 rings (SSSR count). The molecule has 0 aliphatic carbocycles. The monoisotopic (exact) mass is 406 g/mol. The molecule has 0 bridgehead atoms. The van der Waals surface area contributed by atoms with Gasteiger partial charge in [-0.3, -0.25) is 9.20 Å². The Hall–Kier alpha value is -3.68. The van der Waals surface area contributed by atoms with Crippen molar-refractivity contribution < 1.29 is 13.9 Å². The minimum Gasteiger partial charge on any atom is -0.496 e. The molecular formula is C22H22N4O4. The van der Waals surface area contributed by atoms with Crippen LogP contribution in [-0.4, -0.2) is 27.6 Å². The van der Waals surface area contributed by atoms with Crippen LogP contribution in [0.1, 0.15) is 36.3 Å². The van der Waals surface area contributed by atoms with Gasteiger partial charge in [-0.25, -0.2) is 4.79 Å². The van der Waals surface area contributed by atoms with Gasteiger partial charge < -0.3 is 14.5 Å². The van der Waals surface area contributed by atoms with Gasteiger partial charge in [0.05, 0.1) is 13.2 Å². The molecule has 1 atom stereocenters. The zero-order valence-corrected chi connectivity index (χ0v) is 17.0. The molecule has 1 aromatic carbocycles. The smallest absolute Gasteiger partial charge is 0.336 e. The van der Waals surface area contributed by atoms with Crippen LogP contribution in [0.3, 0.4) is 0 Å². The highest BCUT2D eigenvalue weighted by Crippen LogP contribution is 2.28. The number of carbonyl (C=O) groups is 1. The van der Waals surface area contributed by atoms with Crippen molar-refractivity contribution in [2.24, 2.45) is 0 Å². The number of pyridine rings is 1. The summed E-state index contributed by atoms with van der Waals surface area (Å²) >= 11 is 0. The molecule has 4 aromatic rings. The summed E-state index contributed by atoms with van der Waals surface area (Å²) in [5.41, 5.74) is 2.50. The Bertz CT molecular complexity index is 1290. The predicted octanol–water partition coefficient (Wildman–Crippen LogP) is 2.96. The van der Waals surface area contributed by atoms with Gasteiger partial charge in [-0.1, -0.05) is 6.07 Å². The van der Waals surface area contributed by atoms with Gasteiger partial charge in [0.15, 0.2) is 11.5 Å². The number of fused-ring (bicyclic) bond motifs is 2. The molecule has 0 radical (unpaired) electrons. The molecule has 0 aliphatic rings. The third-order valence-electron chi connectivity index (χ3n) is 5.08. The predicted molar refractivity (Wildman–Crippen MR) is 112 cm³/mol. The Labute approximate surface area is 172 Å². The molecule has 8 heteroatoms. The van der Waals surface area contributed by atoms with Gasteiger partial charge >= 0.3 is 5.63 Å². The van der Waals surface area contributed by atoms with E-state index < -0.39 is 5.63 Å². The number of amides is 1. The number of hydrogen-bond donors (Lipinski definition) is 1. The lowest BCUT2D eigenvalue weighted by atomic mass is 10.0. The molecule has 1 amide bonds. The molecule has 3 aromatic heterocycles. The van der Waals surface area contributed by atoms with E-state index in [0.717, 1.165) is 22.2 Å². The fourth-order valence-corrected chi connectivity index (χ4v) is 3.56. The van der Waals surface area contributed by atoms with Gasteiger partial charge in [0.25, 0.3) is 0 Å². The van der Waals surface area contributed by atoms with Crippen LogP contribution in [0.5, 0.6) is 5.75 Å². The molecular weight excluding hydrogens is 384 g/mol. The second-order valence-electron chi connectivity index (χ2n) is 7.18. The molecule has 0 aliphatic heterocycles. The summed E-state index contributed by atoms with van der Waals surface area (Å²) in [4.78, 5) is 24.2. The van der Waals surface area contributed by atoms with E-state index in [1.165, 1.54) is 6.07 Å². The minimum atomic E-state index is -0.399. The highest BCUT2D eigenvalue weighted by Gasteiger charge is 2.17. The maximum absolute atomic E-state index is 12.6. The molecule has 1 N–H and O–H groups in total. The van der Waals surface area contributed by atoms with Gasteiger partial charge in [-0.2, -0.15) is 0 Å². The van der Waals surface area contributed by atoms with E-state index in [1.54, 1.807) is 13.2 Å². The van der Waals surface area contributed by atoms with Gasteiger partial charge in [0.2, 0.25) is 5.91 Å². The van der Waals surface area contributed by atoms with E-state index in [4.69, 9.17) is 9.15 Å². The number of carbonyl (C=O) groups excluding carboxylic acids is 1. The highest BCUT2D eigenvalue weighted by molar-refractivity contribution is 5.83. The van der Waals surface area contributed by atoms with Crippen LogP contribution in [0.2, 0.25) is 0 Å². The van der Waals surface area contributed by atoms with Gasteiger partial charge in [0, 0.05) is 30.1 Å². The van der Waals surface area contributed by atoms with Crippen LogP contribution in [0.4, 0.5) is 0 Å². The van der Waals surface area contributed by atoms with Crippen molar-refractivity contribution in [3.05, 3.63) is 70.0 Å². The fourth-order valence-electron chi connectivity index (χ4n) is 3.56. The summed E-state index contributed by atoms with van der Waals surface area (Å²) in [5, 5.41) is 12.1. The SMILES string of the molecule is COc1cc2oc(=O)cc(C)c2cc1CCC(=O)N[C@@H](C)c1nnc2ccccn12. The maximum Gasteiger partial charge on any atom is 0.336 e. The number of methoxy groups -OCH3 is 1. The average Bonchev–Trinajstić information content (AvgIpc) is 3.16. The van der Waals surface area contributed by atoms with E-state index in [2.05, 4.69) is 15.5 Å². The molecule has 3 heterocycles. The van der Waals surface area contributed by atoms with Crippen molar-refractivity contribution in [1.82, 2.24) is 19.9 Å². The van der Waals surface area contributed by atoms with Gasteiger partial charge in [0.1, 0.15) is 11.3 Å². The Balaban J connectivity index is 1.49. The molecule has 0 saturated carbocycles. The quantitative estimate of drug-likeness (QED) is 0.494. The molecule has 8 nitrogen and oxygen atoms in total. The molecule has 0 saturated heterocycles. The number of nitrogens with zero attached hydrogens (tertiary/aromatic N) is 3. The summed E-state index contributed by atoms with van der Waals surface area (Å²) in [6.45, 7) is 3.73. The number of nitrogens with one attached hydrogen (secondary N) is 1. The normalized spacial score (nSPS) is 12.2. The van der Waals surface area contributed by atoms with Crippen LogP contribution in [0, 0.1) is 6.92 Å². The summed E-state index contributed by atoms with van der Waals surface area (Å²) in [7, 11) is 1.55. The lowest BCUT2D eigenvalue weighted by Crippen LogP contribution is -2.28. The van der Waals surface area contributed by atoms with Crippen molar-refractivity contribution in [1.29, 1.82) is 0 Å². The average molecular weight is 406 g/mol. The number of aromatic nitrogens is 3. The Kier molecular flexibility index (Phi) is 5.22. The second-order valence-corrected chi connectivity index (χ2v) is 7.18. The van der Waals surface area contributed by atoms with E-state index in [1.807, 2.05) is 48.7 Å². The number of rotatable bonds is 6. The lowest BCUT2D eigenvalue weighted by molar-refractivity contribution is -0.121. The Morgan fingerprint density at radius 2 is 2.10 bits per heavy atom. The number of ether oxygens (including phenoxy) is 1. The van der Waals surface area contributed by atoms with Crippen molar-refractivity contribution in [3.8, 4) is 5.75 Å². The minimum absolute atomic E-state index is 0.103.